The highest BCUT2D eigenvalue weighted by Crippen LogP contribution is 2.36. The minimum atomic E-state index is -0.878. The number of para-hydroxylation sites is 1. The van der Waals surface area contributed by atoms with Gasteiger partial charge in [-0.3, -0.25) is 4.79 Å². The molecule has 0 aliphatic carbocycles. The van der Waals surface area contributed by atoms with E-state index in [1.807, 2.05) is 31.2 Å². The van der Waals surface area contributed by atoms with Crippen LogP contribution in [0.25, 0.3) is 10.4 Å². The maximum absolute atomic E-state index is 10.8. The van der Waals surface area contributed by atoms with Crippen LogP contribution < -0.4 is 4.74 Å². The molecule has 0 atom stereocenters. The maximum Gasteiger partial charge on any atom is 0.309 e. The van der Waals surface area contributed by atoms with Crippen LogP contribution in [0.1, 0.15) is 10.7 Å². The van der Waals surface area contributed by atoms with E-state index < -0.39 is 5.97 Å². The molecule has 0 aliphatic heterocycles. The average Bonchev–Trinajstić information content (AvgIpc) is 2.69. The van der Waals surface area contributed by atoms with Crippen molar-refractivity contribution in [2.75, 3.05) is 7.11 Å². The predicted octanol–water partition coefficient (Wildman–Crippen LogP) is 2.75. The van der Waals surface area contributed by atoms with E-state index in [9.17, 15) is 4.79 Å². The second-order valence-electron chi connectivity index (χ2n) is 3.78. The first-order valence-corrected chi connectivity index (χ1v) is 6.25. The van der Waals surface area contributed by atoms with Crippen molar-refractivity contribution in [2.24, 2.45) is 0 Å². The zero-order valence-electron chi connectivity index (χ0n) is 10.1. The van der Waals surface area contributed by atoms with Gasteiger partial charge in [0.2, 0.25) is 0 Å². The lowest BCUT2D eigenvalue weighted by Gasteiger charge is -2.07. The highest BCUT2D eigenvalue weighted by Gasteiger charge is 2.16. The summed E-state index contributed by atoms with van der Waals surface area (Å²) in [5.41, 5.74) is 1.48. The van der Waals surface area contributed by atoms with E-state index in [1.165, 1.54) is 11.3 Å². The van der Waals surface area contributed by atoms with Crippen molar-refractivity contribution in [1.82, 2.24) is 4.98 Å². The lowest BCUT2D eigenvalue weighted by Crippen LogP contribution is -2.02. The quantitative estimate of drug-likeness (QED) is 0.921. The number of hydrogen-bond donors (Lipinski definition) is 1. The van der Waals surface area contributed by atoms with E-state index in [2.05, 4.69) is 4.98 Å². The van der Waals surface area contributed by atoms with Gasteiger partial charge in [-0.1, -0.05) is 12.1 Å². The zero-order chi connectivity index (χ0) is 13.1. The smallest absolute Gasteiger partial charge is 0.309 e. The number of nitrogens with zero attached hydrogens (tertiary/aromatic N) is 1. The van der Waals surface area contributed by atoms with Gasteiger partial charge in [-0.05, 0) is 19.1 Å². The van der Waals surface area contributed by atoms with Gasteiger partial charge in [0.15, 0.2) is 0 Å². The van der Waals surface area contributed by atoms with Crippen molar-refractivity contribution in [3.05, 3.63) is 35.0 Å². The Morgan fingerprint density at radius 1 is 1.44 bits per heavy atom. The maximum atomic E-state index is 10.8. The normalized spacial score (nSPS) is 10.3. The van der Waals surface area contributed by atoms with Crippen molar-refractivity contribution in [1.29, 1.82) is 0 Å². The molecule has 1 aromatic heterocycles. The fourth-order valence-electron chi connectivity index (χ4n) is 1.78. The van der Waals surface area contributed by atoms with Gasteiger partial charge >= 0.3 is 5.97 Å². The molecule has 2 rings (SSSR count). The Balaban J connectivity index is 2.52. The van der Waals surface area contributed by atoms with Crippen molar-refractivity contribution >= 4 is 17.3 Å². The van der Waals surface area contributed by atoms with Gasteiger partial charge in [0.25, 0.3) is 0 Å². The van der Waals surface area contributed by atoms with Crippen LogP contribution in [-0.2, 0) is 11.2 Å². The number of carboxylic acids is 1. The third-order valence-corrected chi connectivity index (χ3v) is 3.52. The lowest BCUT2D eigenvalue weighted by atomic mass is 10.1. The predicted molar refractivity (Wildman–Crippen MR) is 70.2 cm³/mol. The molecule has 0 unspecified atom stereocenters. The molecule has 94 valence electrons. The minimum absolute atomic E-state index is 0.0717. The summed E-state index contributed by atoms with van der Waals surface area (Å²) in [5.74, 6) is -0.149. The molecular weight excluding hydrogens is 250 g/mol. The Bertz CT molecular complexity index is 577. The number of thiazole rings is 1. The second-order valence-corrected chi connectivity index (χ2v) is 4.98. The summed E-state index contributed by atoms with van der Waals surface area (Å²) in [7, 11) is 1.60. The molecule has 0 saturated carbocycles. The molecule has 4 nitrogen and oxygen atoms in total. The van der Waals surface area contributed by atoms with E-state index in [-0.39, 0.29) is 6.42 Å². The number of aryl methyl sites for hydroxylation is 1. The number of hydrogen-bond acceptors (Lipinski definition) is 4. The topological polar surface area (TPSA) is 59.4 Å². The third kappa shape index (κ3) is 2.51. The molecule has 5 heteroatoms. The van der Waals surface area contributed by atoms with E-state index in [4.69, 9.17) is 9.84 Å². The number of benzene rings is 1. The fourth-order valence-corrected chi connectivity index (χ4v) is 2.74. The van der Waals surface area contributed by atoms with Crippen molar-refractivity contribution < 1.29 is 14.6 Å². The Kier molecular flexibility index (Phi) is 3.62. The molecule has 18 heavy (non-hydrogen) atoms. The van der Waals surface area contributed by atoms with Crippen LogP contribution >= 0.6 is 11.3 Å². The Labute approximate surface area is 109 Å². The summed E-state index contributed by atoms with van der Waals surface area (Å²) in [6, 6.07) is 7.55. The molecule has 2 aromatic rings. The number of carbonyl (C=O) groups is 1. The molecule has 0 radical (unpaired) electrons. The monoisotopic (exact) mass is 263 g/mol. The number of ether oxygens (including phenoxy) is 1. The van der Waals surface area contributed by atoms with Crippen molar-refractivity contribution in [3.8, 4) is 16.2 Å². The number of aliphatic carboxylic acids is 1. The SMILES string of the molecule is COc1ccccc1-c1sc(C)nc1CC(=O)O. The van der Waals surface area contributed by atoms with Crippen molar-refractivity contribution in [3.63, 3.8) is 0 Å². The van der Waals surface area contributed by atoms with Crippen LogP contribution in [0.2, 0.25) is 0 Å². The van der Waals surface area contributed by atoms with Crippen LogP contribution in [0, 0.1) is 6.92 Å². The van der Waals surface area contributed by atoms with E-state index in [0.717, 1.165) is 21.2 Å². The van der Waals surface area contributed by atoms with Gasteiger partial charge in [0, 0.05) is 5.56 Å². The first kappa shape index (κ1) is 12.6. The minimum Gasteiger partial charge on any atom is -0.496 e. The highest BCUT2D eigenvalue weighted by atomic mass is 32.1. The van der Waals surface area contributed by atoms with Gasteiger partial charge in [-0.25, -0.2) is 4.98 Å². The van der Waals surface area contributed by atoms with Gasteiger partial charge in [-0.2, -0.15) is 0 Å². The van der Waals surface area contributed by atoms with Gasteiger partial charge in [-0.15, -0.1) is 11.3 Å². The Morgan fingerprint density at radius 2 is 2.17 bits per heavy atom. The molecule has 1 heterocycles. The summed E-state index contributed by atoms with van der Waals surface area (Å²) in [4.78, 5) is 16.0. The molecule has 1 N–H and O–H groups in total. The van der Waals surface area contributed by atoms with Crippen LogP contribution in [0.15, 0.2) is 24.3 Å². The summed E-state index contributed by atoms with van der Waals surface area (Å²) in [5, 5.41) is 9.76. The molecule has 0 aliphatic rings. The van der Waals surface area contributed by atoms with Crippen molar-refractivity contribution in [2.45, 2.75) is 13.3 Å². The summed E-state index contributed by atoms with van der Waals surface area (Å²) >= 11 is 1.48. The first-order valence-electron chi connectivity index (χ1n) is 5.43. The Hall–Kier alpha value is -1.88. The molecule has 1 aromatic carbocycles. The van der Waals surface area contributed by atoms with E-state index in [1.54, 1.807) is 7.11 Å². The Morgan fingerprint density at radius 3 is 2.83 bits per heavy atom. The van der Waals surface area contributed by atoms with Crippen LogP contribution in [0.5, 0.6) is 5.75 Å². The number of carboxylic acid groups (broad SMARTS) is 1. The molecule has 0 saturated heterocycles. The summed E-state index contributed by atoms with van der Waals surface area (Å²) < 4.78 is 5.30. The van der Waals surface area contributed by atoms with Gasteiger partial charge in [0.05, 0.1) is 29.1 Å². The van der Waals surface area contributed by atoms with Gasteiger partial charge < -0.3 is 9.84 Å². The second kappa shape index (κ2) is 5.18. The largest absolute Gasteiger partial charge is 0.496 e. The lowest BCUT2D eigenvalue weighted by molar-refractivity contribution is -0.136. The molecule has 0 bridgehead atoms. The van der Waals surface area contributed by atoms with Crippen LogP contribution in [-0.4, -0.2) is 23.2 Å². The van der Waals surface area contributed by atoms with E-state index in [0.29, 0.717) is 5.69 Å². The third-order valence-electron chi connectivity index (χ3n) is 2.47. The summed E-state index contributed by atoms with van der Waals surface area (Å²) in [6.45, 7) is 1.87. The van der Waals surface area contributed by atoms with Gasteiger partial charge in [0.1, 0.15) is 5.75 Å². The van der Waals surface area contributed by atoms with E-state index >= 15 is 0 Å². The molecule has 0 fully saturated rings. The number of rotatable bonds is 4. The first-order chi connectivity index (χ1) is 8.61. The number of aromatic nitrogens is 1. The zero-order valence-corrected chi connectivity index (χ0v) is 11.0. The standard InChI is InChI=1S/C13H13NO3S/c1-8-14-10(7-12(15)16)13(18-8)9-5-3-4-6-11(9)17-2/h3-6H,7H2,1-2H3,(H,15,16). The highest BCUT2D eigenvalue weighted by molar-refractivity contribution is 7.15. The number of methoxy groups -OCH3 is 1. The van der Waals surface area contributed by atoms with Crippen LogP contribution in [0.3, 0.4) is 0 Å². The fraction of sp³-hybridized carbons (Fsp3) is 0.231. The average molecular weight is 263 g/mol. The molecule has 0 amide bonds. The summed E-state index contributed by atoms with van der Waals surface area (Å²) in [6.07, 6.45) is -0.0717. The van der Waals surface area contributed by atoms with Crippen LogP contribution in [0.4, 0.5) is 0 Å². The molecular formula is C13H13NO3S. The molecule has 0 spiro atoms.